The first-order valence-corrected chi connectivity index (χ1v) is 11.2. The smallest absolute Gasteiger partial charge is 0.258 e. The zero-order valence-corrected chi connectivity index (χ0v) is 18.9. The lowest BCUT2D eigenvalue weighted by Gasteiger charge is -2.32. The summed E-state index contributed by atoms with van der Waals surface area (Å²) >= 11 is 6.62. The summed E-state index contributed by atoms with van der Waals surface area (Å²) in [6.07, 6.45) is 3.90. The van der Waals surface area contributed by atoms with Gasteiger partial charge in [-0.3, -0.25) is 4.79 Å². The molecule has 0 bridgehead atoms. The summed E-state index contributed by atoms with van der Waals surface area (Å²) in [5, 5.41) is 6.08. The number of amides is 1. The predicted octanol–water partition coefficient (Wildman–Crippen LogP) is 5.34. The molecule has 0 unspecified atom stereocenters. The van der Waals surface area contributed by atoms with E-state index in [4.69, 9.17) is 16.3 Å². The Morgan fingerprint density at radius 1 is 1.16 bits per heavy atom. The van der Waals surface area contributed by atoms with E-state index in [1.165, 1.54) is 10.9 Å². The minimum Gasteiger partial charge on any atom is -0.497 e. The summed E-state index contributed by atoms with van der Waals surface area (Å²) in [4.78, 5) is 18.6. The molecule has 1 fully saturated rings. The summed E-state index contributed by atoms with van der Waals surface area (Å²) in [7, 11) is 1.69. The van der Waals surface area contributed by atoms with Gasteiger partial charge in [-0.2, -0.15) is 5.10 Å². The number of methoxy groups -OCH3 is 1. The topological polar surface area (TPSA) is 63.1 Å². The van der Waals surface area contributed by atoms with Crippen LogP contribution >= 0.6 is 11.6 Å². The first kappa shape index (κ1) is 20.6. The highest BCUT2D eigenvalue weighted by Gasteiger charge is 2.30. The number of piperidine rings is 1. The van der Waals surface area contributed by atoms with Crippen molar-refractivity contribution in [1.82, 2.24) is 19.7 Å². The molecular weight excluding hydrogens is 424 g/mol. The van der Waals surface area contributed by atoms with Crippen LogP contribution in [-0.2, 0) is 0 Å². The van der Waals surface area contributed by atoms with Crippen molar-refractivity contribution in [3.8, 4) is 11.4 Å². The lowest BCUT2D eigenvalue weighted by atomic mass is 9.89. The molecule has 5 rings (SSSR count). The van der Waals surface area contributed by atoms with Crippen LogP contribution in [0.3, 0.4) is 0 Å². The van der Waals surface area contributed by atoms with Crippen molar-refractivity contribution in [3.63, 3.8) is 0 Å². The Hall–Kier alpha value is -3.25. The molecule has 2 aromatic heterocycles. The van der Waals surface area contributed by atoms with E-state index in [0.29, 0.717) is 35.4 Å². The highest BCUT2D eigenvalue weighted by atomic mass is 35.5. The number of hydrogen-bond acceptors (Lipinski definition) is 3. The van der Waals surface area contributed by atoms with Crippen molar-refractivity contribution >= 4 is 28.4 Å². The average Bonchev–Trinajstić information content (AvgIpc) is 3.39. The Balaban J connectivity index is 1.34. The van der Waals surface area contributed by atoms with Gasteiger partial charge < -0.3 is 14.6 Å². The molecular formula is C25H25ClN4O2. The second-order valence-electron chi connectivity index (χ2n) is 8.22. The number of rotatable bonds is 4. The van der Waals surface area contributed by atoms with Crippen LogP contribution in [0.5, 0.6) is 5.75 Å². The van der Waals surface area contributed by atoms with Crippen LogP contribution in [-0.4, -0.2) is 45.8 Å². The second kappa shape index (κ2) is 8.36. The number of benzene rings is 2. The van der Waals surface area contributed by atoms with Crippen molar-refractivity contribution < 1.29 is 9.53 Å². The largest absolute Gasteiger partial charge is 0.497 e. The third-order valence-electron chi connectivity index (χ3n) is 6.36. The van der Waals surface area contributed by atoms with Crippen molar-refractivity contribution in [2.75, 3.05) is 20.2 Å². The number of carbonyl (C=O) groups is 1. The molecule has 1 aliphatic heterocycles. The zero-order valence-electron chi connectivity index (χ0n) is 18.1. The van der Waals surface area contributed by atoms with Gasteiger partial charge in [0.05, 0.1) is 24.1 Å². The summed E-state index contributed by atoms with van der Waals surface area (Å²) < 4.78 is 7.04. The van der Waals surface area contributed by atoms with Crippen LogP contribution in [0, 0.1) is 6.92 Å². The van der Waals surface area contributed by atoms with E-state index in [9.17, 15) is 4.79 Å². The molecule has 0 saturated carbocycles. The molecule has 0 spiro atoms. The molecule has 0 radical (unpaired) electrons. The number of aromatic nitrogens is 3. The number of fused-ring (bicyclic) bond motifs is 1. The molecule has 0 atom stereocenters. The highest BCUT2D eigenvalue weighted by Crippen LogP contribution is 2.35. The number of ether oxygens (including phenoxy) is 1. The van der Waals surface area contributed by atoms with E-state index in [2.05, 4.69) is 22.3 Å². The van der Waals surface area contributed by atoms with Gasteiger partial charge in [-0.1, -0.05) is 29.8 Å². The molecule has 0 aliphatic carbocycles. The van der Waals surface area contributed by atoms with Crippen LogP contribution in [0.1, 0.15) is 40.4 Å². The van der Waals surface area contributed by atoms with Gasteiger partial charge in [0.2, 0.25) is 0 Å². The number of nitrogens with zero attached hydrogens (tertiary/aromatic N) is 3. The summed E-state index contributed by atoms with van der Waals surface area (Å²) in [6, 6.07) is 15.7. The SMILES string of the molecule is COc1ccc2[nH]cc(C3CCN(C(=O)c4c(C)nn(-c5ccccc5)c4Cl)CC3)c2c1. The maximum absolute atomic E-state index is 13.3. The number of H-pyrrole nitrogens is 1. The molecule has 164 valence electrons. The third kappa shape index (κ3) is 3.54. The van der Waals surface area contributed by atoms with Gasteiger partial charge in [0, 0.05) is 30.2 Å². The van der Waals surface area contributed by atoms with E-state index >= 15 is 0 Å². The minimum atomic E-state index is -0.0475. The number of nitrogens with one attached hydrogen (secondary N) is 1. The van der Waals surface area contributed by atoms with Gasteiger partial charge in [0.15, 0.2) is 0 Å². The van der Waals surface area contributed by atoms with Crippen LogP contribution < -0.4 is 4.74 Å². The number of aryl methyl sites for hydroxylation is 1. The molecule has 1 amide bonds. The fourth-order valence-electron chi connectivity index (χ4n) is 4.62. The van der Waals surface area contributed by atoms with Gasteiger partial charge in [-0.25, -0.2) is 4.68 Å². The highest BCUT2D eigenvalue weighted by molar-refractivity contribution is 6.33. The van der Waals surface area contributed by atoms with E-state index in [1.807, 2.05) is 54.3 Å². The Morgan fingerprint density at radius 3 is 2.62 bits per heavy atom. The zero-order chi connectivity index (χ0) is 22.2. The number of halogens is 1. The molecule has 1 saturated heterocycles. The summed E-state index contributed by atoms with van der Waals surface area (Å²) in [5.41, 5.74) is 4.38. The molecule has 7 heteroatoms. The fourth-order valence-corrected chi connectivity index (χ4v) is 4.97. The average molecular weight is 449 g/mol. The Morgan fingerprint density at radius 2 is 1.91 bits per heavy atom. The van der Waals surface area contributed by atoms with Gasteiger partial charge in [0.25, 0.3) is 5.91 Å². The number of para-hydroxylation sites is 1. The lowest BCUT2D eigenvalue weighted by Crippen LogP contribution is -2.38. The first-order valence-electron chi connectivity index (χ1n) is 10.8. The molecule has 32 heavy (non-hydrogen) atoms. The standard InChI is InChI=1S/C25H25ClN4O2/c1-16-23(24(26)30(28-16)18-6-4-3-5-7-18)25(31)29-12-10-17(11-13-29)21-15-27-22-9-8-19(32-2)14-20(21)22/h3-9,14-15,17,27H,10-13H2,1-2H3. The van der Waals surface area contributed by atoms with Crippen molar-refractivity contribution in [2.24, 2.45) is 0 Å². The van der Waals surface area contributed by atoms with Gasteiger partial charge >= 0.3 is 0 Å². The van der Waals surface area contributed by atoms with Crippen LogP contribution in [0.4, 0.5) is 0 Å². The molecule has 3 heterocycles. The van der Waals surface area contributed by atoms with Crippen LogP contribution in [0.25, 0.3) is 16.6 Å². The summed E-state index contributed by atoms with van der Waals surface area (Å²) in [5.74, 6) is 1.20. The first-order chi connectivity index (χ1) is 15.6. The van der Waals surface area contributed by atoms with Crippen molar-refractivity contribution in [1.29, 1.82) is 0 Å². The monoisotopic (exact) mass is 448 g/mol. The molecule has 1 N–H and O–H groups in total. The predicted molar refractivity (Wildman–Crippen MR) is 126 cm³/mol. The normalized spacial score (nSPS) is 14.8. The van der Waals surface area contributed by atoms with E-state index in [1.54, 1.807) is 11.8 Å². The number of likely N-dealkylation sites (tertiary alicyclic amines) is 1. The number of hydrogen-bond donors (Lipinski definition) is 1. The van der Waals surface area contributed by atoms with E-state index in [-0.39, 0.29) is 5.91 Å². The molecule has 4 aromatic rings. The van der Waals surface area contributed by atoms with Crippen LogP contribution in [0.15, 0.2) is 54.7 Å². The lowest BCUT2D eigenvalue weighted by molar-refractivity contribution is 0.0713. The Bertz CT molecular complexity index is 1270. The van der Waals surface area contributed by atoms with E-state index < -0.39 is 0 Å². The van der Waals surface area contributed by atoms with Crippen LogP contribution in [0.2, 0.25) is 5.15 Å². The number of carbonyl (C=O) groups excluding carboxylic acids is 1. The Kier molecular flexibility index (Phi) is 5.39. The van der Waals surface area contributed by atoms with Gasteiger partial charge in [0.1, 0.15) is 10.9 Å². The van der Waals surface area contributed by atoms with Crippen molar-refractivity contribution in [2.45, 2.75) is 25.7 Å². The maximum Gasteiger partial charge on any atom is 0.258 e. The van der Waals surface area contributed by atoms with E-state index in [0.717, 1.165) is 29.8 Å². The molecule has 2 aromatic carbocycles. The number of aromatic amines is 1. The van der Waals surface area contributed by atoms with Crippen molar-refractivity contribution in [3.05, 3.63) is 76.7 Å². The van der Waals surface area contributed by atoms with Gasteiger partial charge in [-0.05, 0) is 61.6 Å². The molecule has 6 nitrogen and oxygen atoms in total. The summed E-state index contributed by atoms with van der Waals surface area (Å²) in [6.45, 7) is 3.21. The third-order valence-corrected chi connectivity index (χ3v) is 6.71. The van der Waals surface area contributed by atoms with Gasteiger partial charge in [-0.15, -0.1) is 0 Å². The quantitative estimate of drug-likeness (QED) is 0.458. The minimum absolute atomic E-state index is 0.0475. The molecule has 1 aliphatic rings. The Labute approximate surface area is 191 Å². The fraction of sp³-hybridized carbons (Fsp3) is 0.280. The second-order valence-corrected chi connectivity index (χ2v) is 8.58. The maximum atomic E-state index is 13.3.